The maximum Gasteiger partial charge on any atom is 0.315 e. The van der Waals surface area contributed by atoms with E-state index < -0.39 is 0 Å². The van der Waals surface area contributed by atoms with E-state index in [1.165, 1.54) is 0 Å². The first kappa shape index (κ1) is 10.5. The highest BCUT2D eigenvalue weighted by Gasteiger charge is 2.06. The fourth-order valence-corrected chi connectivity index (χ4v) is 1.98. The maximum absolute atomic E-state index is 5.28. The molecule has 0 saturated carbocycles. The SMILES string of the molecule is C#CC[n+]1ccsc1C#Cc1ccccc1. The zero-order valence-electron chi connectivity index (χ0n) is 8.68. The summed E-state index contributed by atoms with van der Waals surface area (Å²) < 4.78 is 1.97. The Kier molecular flexibility index (Phi) is 3.38. The lowest BCUT2D eigenvalue weighted by Crippen LogP contribution is -2.33. The lowest BCUT2D eigenvalue weighted by molar-refractivity contribution is -0.682. The molecule has 0 unspecified atom stereocenters. The van der Waals surface area contributed by atoms with Gasteiger partial charge in [0.05, 0.1) is 5.38 Å². The molecule has 0 atom stereocenters. The predicted octanol–water partition coefficient (Wildman–Crippen LogP) is 2.07. The molecule has 0 bridgehead atoms. The number of thiazole rings is 1. The van der Waals surface area contributed by atoms with Crippen LogP contribution in [-0.2, 0) is 6.54 Å². The Morgan fingerprint density at radius 2 is 2.00 bits per heavy atom. The third-order valence-electron chi connectivity index (χ3n) is 2.03. The summed E-state index contributed by atoms with van der Waals surface area (Å²) in [6, 6.07) is 9.93. The second kappa shape index (κ2) is 5.16. The van der Waals surface area contributed by atoms with E-state index in [-0.39, 0.29) is 0 Å². The van der Waals surface area contributed by atoms with Gasteiger partial charge in [-0.1, -0.05) is 35.5 Å². The van der Waals surface area contributed by atoms with Gasteiger partial charge in [-0.2, -0.15) is 4.57 Å². The number of nitrogens with zero attached hydrogens (tertiary/aromatic N) is 1. The standard InChI is InChI=1S/C14H10NS/c1-2-10-15-11-12-16-14(15)9-8-13-6-4-3-5-7-13/h1,3-7,11-12H,10H2/q+1. The monoisotopic (exact) mass is 224 g/mol. The smallest absolute Gasteiger partial charge is 0.170 e. The molecule has 76 valence electrons. The molecule has 0 aliphatic heterocycles. The molecule has 0 radical (unpaired) electrons. The molecule has 1 aromatic carbocycles. The Morgan fingerprint density at radius 3 is 2.75 bits per heavy atom. The number of hydrogen-bond donors (Lipinski definition) is 0. The summed E-state index contributed by atoms with van der Waals surface area (Å²) >= 11 is 1.60. The van der Waals surface area contributed by atoms with Crippen molar-refractivity contribution in [3.8, 4) is 24.2 Å². The third-order valence-corrected chi connectivity index (χ3v) is 2.85. The summed E-state index contributed by atoms with van der Waals surface area (Å²) in [6.45, 7) is 0.572. The zero-order valence-corrected chi connectivity index (χ0v) is 9.50. The van der Waals surface area contributed by atoms with Crippen LogP contribution < -0.4 is 4.57 Å². The van der Waals surface area contributed by atoms with Crippen molar-refractivity contribution in [2.24, 2.45) is 0 Å². The Hall–Kier alpha value is -2.03. The molecular formula is C14H10NS+. The molecule has 0 amide bonds. The van der Waals surface area contributed by atoms with Crippen LogP contribution in [-0.4, -0.2) is 0 Å². The third kappa shape index (κ3) is 2.51. The summed E-state index contributed by atoms with van der Waals surface area (Å²) in [6.07, 6.45) is 7.24. The van der Waals surface area contributed by atoms with Crippen LogP contribution in [0.2, 0.25) is 0 Å². The summed E-state index contributed by atoms with van der Waals surface area (Å²) in [4.78, 5) is 0. The molecule has 16 heavy (non-hydrogen) atoms. The van der Waals surface area contributed by atoms with Gasteiger partial charge in [0.25, 0.3) is 0 Å². The largest absolute Gasteiger partial charge is 0.315 e. The van der Waals surface area contributed by atoms with Crippen molar-refractivity contribution in [3.05, 3.63) is 52.5 Å². The quantitative estimate of drug-likeness (QED) is 0.516. The van der Waals surface area contributed by atoms with E-state index in [1.54, 1.807) is 11.3 Å². The van der Waals surface area contributed by atoms with E-state index in [0.29, 0.717) is 6.54 Å². The van der Waals surface area contributed by atoms with Gasteiger partial charge >= 0.3 is 5.01 Å². The summed E-state index contributed by atoms with van der Waals surface area (Å²) in [7, 11) is 0. The Balaban J connectivity index is 2.25. The minimum absolute atomic E-state index is 0.572. The number of benzene rings is 1. The van der Waals surface area contributed by atoms with Gasteiger partial charge < -0.3 is 0 Å². The van der Waals surface area contributed by atoms with Crippen LogP contribution in [0.4, 0.5) is 0 Å². The van der Waals surface area contributed by atoms with Crippen molar-refractivity contribution in [2.75, 3.05) is 0 Å². The van der Waals surface area contributed by atoms with Crippen LogP contribution in [0.1, 0.15) is 10.6 Å². The minimum Gasteiger partial charge on any atom is -0.170 e. The van der Waals surface area contributed by atoms with Gasteiger partial charge in [0.2, 0.25) is 6.54 Å². The number of rotatable bonds is 1. The highest BCUT2D eigenvalue weighted by molar-refractivity contribution is 7.09. The first-order chi connectivity index (χ1) is 7.90. The molecule has 0 fully saturated rings. The summed E-state index contributed by atoms with van der Waals surface area (Å²) in [5, 5.41) is 2.98. The molecule has 2 rings (SSSR count). The average Bonchev–Trinajstić information content (AvgIpc) is 2.76. The van der Waals surface area contributed by atoms with Crippen molar-refractivity contribution >= 4 is 11.3 Å². The average molecular weight is 224 g/mol. The highest BCUT2D eigenvalue weighted by Crippen LogP contribution is 2.01. The molecule has 0 N–H and O–H groups in total. The van der Waals surface area contributed by atoms with Gasteiger partial charge in [-0.25, -0.2) is 0 Å². The van der Waals surface area contributed by atoms with Gasteiger partial charge in [0.15, 0.2) is 6.20 Å². The van der Waals surface area contributed by atoms with Crippen molar-refractivity contribution in [1.29, 1.82) is 0 Å². The topological polar surface area (TPSA) is 3.88 Å². The van der Waals surface area contributed by atoms with E-state index in [1.807, 2.05) is 46.5 Å². The second-order valence-corrected chi connectivity index (χ2v) is 4.05. The molecule has 1 aromatic heterocycles. The molecular weight excluding hydrogens is 214 g/mol. The van der Waals surface area contributed by atoms with E-state index in [9.17, 15) is 0 Å². The molecule has 0 spiro atoms. The lowest BCUT2D eigenvalue weighted by Gasteiger charge is -1.86. The minimum atomic E-state index is 0.572. The maximum atomic E-state index is 5.28. The van der Waals surface area contributed by atoms with Crippen molar-refractivity contribution in [3.63, 3.8) is 0 Å². The fourth-order valence-electron chi connectivity index (χ4n) is 1.27. The van der Waals surface area contributed by atoms with E-state index in [4.69, 9.17) is 6.42 Å². The van der Waals surface area contributed by atoms with Crippen LogP contribution >= 0.6 is 11.3 Å². The van der Waals surface area contributed by atoms with Gasteiger partial charge in [-0.15, -0.1) is 6.42 Å². The first-order valence-corrected chi connectivity index (χ1v) is 5.75. The van der Waals surface area contributed by atoms with E-state index in [0.717, 1.165) is 10.6 Å². The van der Waals surface area contributed by atoms with Crippen LogP contribution in [0.5, 0.6) is 0 Å². The van der Waals surface area contributed by atoms with Gasteiger partial charge in [-0.05, 0) is 18.1 Å². The van der Waals surface area contributed by atoms with Crippen LogP contribution in [0.25, 0.3) is 0 Å². The Labute approximate surface area is 99.4 Å². The number of aromatic nitrogens is 1. The normalized spacial score (nSPS) is 8.94. The lowest BCUT2D eigenvalue weighted by atomic mass is 10.2. The fraction of sp³-hybridized carbons (Fsp3) is 0.0714. The molecule has 1 heterocycles. The number of hydrogen-bond acceptors (Lipinski definition) is 1. The van der Waals surface area contributed by atoms with Crippen molar-refractivity contribution in [2.45, 2.75) is 6.54 Å². The van der Waals surface area contributed by atoms with E-state index in [2.05, 4.69) is 17.8 Å². The molecule has 0 saturated heterocycles. The Bertz CT molecular complexity index is 564. The van der Waals surface area contributed by atoms with Gasteiger partial charge in [0, 0.05) is 11.5 Å². The molecule has 1 nitrogen and oxygen atoms in total. The first-order valence-electron chi connectivity index (χ1n) is 4.87. The van der Waals surface area contributed by atoms with Crippen LogP contribution in [0.3, 0.4) is 0 Å². The van der Waals surface area contributed by atoms with Crippen molar-refractivity contribution < 1.29 is 4.57 Å². The summed E-state index contributed by atoms with van der Waals surface area (Å²) in [5.74, 6) is 8.86. The highest BCUT2D eigenvalue weighted by atomic mass is 32.1. The van der Waals surface area contributed by atoms with Crippen LogP contribution in [0, 0.1) is 24.2 Å². The second-order valence-electron chi connectivity index (χ2n) is 3.16. The van der Waals surface area contributed by atoms with Gasteiger partial charge in [0.1, 0.15) is 0 Å². The Morgan fingerprint density at radius 1 is 1.19 bits per heavy atom. The predicted molar refractivity (Wildman–Crippen MR) is 65.8 cm³/mol. The molecule has 0 aliphatic rings. The van der Waals surface area contributed by atoms with Crippen molar-refractivity contribution in [1.82, 2.24) is 0 Å². The molecule has 0 aliphatic carbocycles. The molecule has 2 aromatic rings. The van der Waals surface area contributed by atoms with Crippen LogP contribution in [0.15, 0.2) is 41.9 Å². The zero-order chi connectivity index (χ0) is 11.2. The van der Waals surface area contributed by atoms with E-state index >= 15 is 0 Å². The van der Waals surface area contributed by atoms with Gasteiger partial charge in [-0.3, -0.25) is 0 Å². The number of terminal acetylenes is 1. The summed E-state index contributed by atoms with van der Waals surface area (Å²) in [5.41, 5.74) is 1.02. The molecule has 2 heteroatoms.